The summed E-state index contributed by atoms with van der Waals surface area (Å²) in [7, 11) is 1.63. The lowest BCUT2D eigenvalue weighted by atomic mass is 9.95. The Labute approximate surface area is 154 Å². The van der Waals surface area contributed by atoms with Gasteiger partial charge in [-0.25, -0.2) is 4.79 Å². The fourth-order valence-electron chi connectivity index (χ4n) is 3.46. The number of piperidine rings is 1. The third-order valence-electron chi connectivity index (χ3n) is 4.98. The molecule has 0 saturated carbocycles. The molecule has 0 bridgehead atoms. The molecule has 2 aliphatic rings. The summed E-state index contributed by atoms with van der Waals surface area (Å²) in [5.74, 6) is -3.81. The Bertz CT molecular complexity index is 799. The van der Waals surface area contributed by atoms with Gasteiger partial charge in [0.25, 0.3) is 0 Å². The Hall–Kier alpha value is -2.24. The standard InChI is InChI=1S/C16H22F2N6O3/c1-21-10-7-23(4-2-9(10)6-19)8-11-13(25)16(17,18)14(27-11)24-5-3-12(20)22-15(24)26/h3,5-6,9,11,13-14,19,25H,2,4,7-8H2,1H3,(H2,20,22,26)/t9?,11-,13-,14-/m1/s1. The molecule has 4 N–H and O–H groups in total. The van der Waals surface area contributed by atoms with Gasteiger partial charge >= 0.3 is 11.6 Å². The van der Waals surface area contributed by atoms with Crippen LogP contribution in [0.2, 0.25) is 0 Å². The molecule has 1 aromatic rings. The van der Waals surface area contributed by atoms with Crippen molar-refractivity contribution in [1.29, 1.82) is 5.41 Å². The number of nitrogens with one attached hydrogen (secondary N) is 1. The second-order valence-electron chi connectivity index (χ2n) is 6.70. The SMILES string of the molecule is CN=C1CN(C[C@H]2O[C@@H](n3ccc(N)nc3=O)C(F)(F)[C@@H]2O)CCC1C=N. The third kappa shape index (κ3) is 3.62. The van der Waals surface area contributed by atoms with Crippen LogP contribution in [0.3, 0.4) is 0 Å². The predicted molar refractivity (Wildman–Crippen MR) is 94.5 cm³/mol. The number of aliphatic hydroxyl groups excluding tert-OH is 1. The fourth-order valence-corrected chi connectivity index (χ4v) is 3.46. The maximum Gasteiger partial charge on any atom is 0.351 e. The largest absolute Gasteiger partial charge is 0.384 e. The summed E-state index contributed by atoms with van der Waals surface area (Å²) in [6, 6.07) is 1.21. The molecule has 148 valence electrons. The number of hydrogen-bond donors (Lipinski definition) is 3. The van der Waals surface area contributed by atoms with E-state index < -0.39 is 30.0 Å². The number of ether oxygens (including phenoxy) is 1. The average molecular weight is 384 g/mol. The molecule has 2 fully saturated rings. The van der Waals surface area contributed by atoms with Gasteiger partial charge in [0.15, 0.2) is 0 Å². The van der Waals surface area contributed by atoms with Gasteiger partial charge in [0.2, 0.25) is 6.23 Å². The van der Waals surface area contributed by atoms with Crippen LogP contribution in [0.25, 0.3) is 0 Å². The first-order valence-corrected chi connectivity index (χ1v) is 8.52. The number of nitrogens with zero attached hydrogens (tertiary/aromatic N) is 4. The molecular weight excluding hydrogens is 362 g/mol. The van der Waals surface area contributed by atoms with E-state index in [0.29, 0.717) is 24.1 Å². The van der Waals surface area contributed by atoms with Gasteiger partial charge in [0, 0.05) is 44.2 Å². The van der Waals surface area contributed by atoms with E-state index in [-0.39, 0.29) is 18.3 Å². The lowest BCUT2D eigenvalue weighted by molar-refractivity contribution is -0.140. The minimum Gasteiger partial charge on any atom is -0.384 e. The van der Waals surface area contributed by atoms with Crippen LogP contribution in [0.5, 0.6) is 0 Å². The summed E-state index contributed by atoms with van der Waals surface area (Å²) < 4.78 is 35.1. The number of likely N-dealkylation sites (tertiary alicyclic amines) is 1. The van der Waals surface area contributed by atoms with Crippen molar-refractivity contribution in [1.82, 2.24) is 14.5 Å². The van der Waals surface area contributed by atoms with E-state index in [9.17, 15) is 18.7 Å². The minimum atomic E-state index is -3.67. The van der Waals surface area contributed by atoms with E-state index in [0.717, 1.165) is 11.9 Å². The third-order valence-corrected chi connectivity index (χ3v) is 4.98. The second-order valence-corrected chi connectivity index (χ2v) is 6.70. The molecule has 11 heteroatoms. The van der Waals surface area contributed by atoms with Crippen molar-refractivity contribution in [2.45, 2.75) is 30.8 Å². The molecule has 0 aliphatic carbocycles. The second kappa shape index (κ2) is 7.41. The number of halogens is 2. The van der Waals surface area contributed by atoms with Crippen LogP contribution < -0.4 is 11.4 Å². The highest BCUT2D eigenvalue weighted by Gasteiger charge is 2.59. The summed E-state index contributed by atoms with van der Waals surface area (Å²) in [5, 5.41) is 17.5. The van der Waals surface area contributed by atoms with Crippen LogP contribution in [0.1, 0.15) is 12.6 Å². The quantitative estimate of drug-likeness (QED) is 0.615. The van der Waals surface area contributed by atoms with Crippen molar-refractivity contribution in [3.63, 3.8) is 0 Å². The van der Waals surface area contributed by atoms with Crippen LogP contribution in [-0.2, 0) is 4.74 Å². The minimum absolute atomic E-state index is 0.0498. The molecule has 0 spiro atoms. The number of hydrogen-bond acceptors (Lipinski definition) is 8. The van der Waals surface area contributed by atoms with Gasteiger partial charge in [-0.3, -0.25) is 14.5 Å². The topological polar surface area (TPSA) is 130 Å². The number of nitrogen functional groups attached to an aromatic ring is 1. The number of nitrogens with two attached hydrogens (primary N) is 1. The van der Waals surface area contributed by atoms with Crippen LogP contribution in [0.4, 0.5) is 14.6 Å². The van der Waals surface area contributed by atoms with Crippen molar-refractivity contribution in [3.8, 4) is 0 Å². The highest BCUT2D eigenvalue weighted by Crippen LogP contribution is 2.42. The zero-order valence-corrected chi connectivity index (χ0v) is 14.8. The monoisotopic (exact) mass is 384 g/mol. The number of rotatable bonds is 4. The van der Waals surface area contributed by atoms with E-state index in [2.05, 4.69) is 9.98 Å². The van der Waals surface area contributed by atoms with Crippen molar-refractivity contribution in [2.24, 2.45) is 10.9 Å². The van der Waals surface area contributed by atoms with Gasteiger partial charge in [-0.2, -0.15) is 13.8 Å². The van der Waals surface area contributed by atoms with E-state index in [1.807, 2.05) is 4.90 Å². The number of aliphatic hydroxyl groups is 1. The van der Waals surface area contributed by atoms with Crippen molar-refractivity contribution in [2.75, 3.05) is 32.4 Å². The highest BCUT2D eigenvalue weighted by molar-refractivity contribution is 5.99. The van der Waals surface area contributed by atoms with Gasteiger partial charge in [-0.1, -0.05) is 0 Å². The van der Waals surface area contributed by atoms with Gasteiger partial charge in [0.05, 0.1) is 0 Å². The van der Waals surface area contributed by atoms with E-state index in [1.165, 1.54) is 12.3 Å². The first kappa shape index (κ1) is 19.5. The van der Waals surface area contributed by atoms with Crippen LogP contribution >= 0.6 is 0 Å². The molecule has 3 rings (SSSR count). The van der Waals surface area contributed by atoms with Gasteiger partial charge in [-0.15, -0.1) is 0 Å². The summed E-state index contributed by atoms with van der Waals surface area (Å²) >= 11 is 0. The fraction of sp³-hybridized carbons (Fsp3) is 0.625. The molecule has 2 aliphatic heterocycles. The van der Waals surface area contributed by atoms with Crippen LogP contribution in [0, 0.1) is 11.3 Å². The molecule has 27 heavy (non-hydrogen) atoms. The average Bonchev–Trinajstić information content (AvgIpc) is 2.85. The predicted octanol–water partition coefficient (Wildman–Crippen LogP) is -0.239. The molecule has 0 amide bonds. The Kier molecular flexibility index (Phi) is 5.36. The van der Waals surface area contributed by atoms with Gasteiger partial charge in [-0.05, 0) is 19.0 Å². The Morgan fingerprint density at radius 3 is 2.96 bits per heavy atom. The normalized spacial score (nSPS) is 32.7. The molecule has 1 aromatic heterocycles. The van der Waals surface area contributed by atoms with Crippen molar-refractivity contribution >= 4 is 17.7 Å². The van der Waals surface area contributed by atoms with E-state index >= 15 is 0 Å². The Balaban J connectivity index is 1.76. The first-order chi connectivity index (χ1) is 12.8. The lowest BCUT2D eigenvalue weighted by Crippen LogP contribution is -2.48. The zero-order chi connectivity index (χ0) is 19.8. The molecule has 3 heterocycles. The smallest absolute Gasteiger partial charge is 0.351 e. The molecule has 1 unspecified atom stereocenters. The van der Waals surface area contributed by atoms with E-state index in [1.54, 1.807) is 7.05 Å². The zero-order valence-electron chi connectivity index (χ0n) is 14.8. The lowest BCUT2D eigenvalue weighted by Gasteiger charge is -2.33. The first-order valence-electron chi connectivity index (χ1n) is 8.52. The summed E-state index contributed by atoms with van der Waals surface area (Å²) in [6.07, 6.45) is -2.18. The maximum atomic E-state index is 14.6. The number of aliphatic imine (C=N–C) groups is 1. The highest BCUT2D eigenvalue weighted by atomic mass is 19.3. The summed E-state index contributed by atoms with van der Waals surface area (Å²) in [5.41, 5.74) is 5.20. The van der Waals surface area contributed by atoms with Crippen molar-refractivity contribution < 1.29 is 18.6 Å². The Morgan fingerprint density at radius 1 is 1.59 bits per heavy atom. The molecular formula is C16H22F2N6O3. The molecule has 2 saturated heterocycles. The number of aromatic nitrogens is 2. The Morgan fingerprint density at radius 2 is 2.33 bits per heavy atom. The molecule has 4 atom stereocenters. The summed E-state index contributed by atoms with van der Waals surface area (Å²) in [6.45, 7) is 1.02. The molecule has 0 aromatic carbocycles. The number of anilines is 1. The van der Waals surface area contributed by atoms with E-state index in [4.69, 9.17) is 15.9 Å². The van der Waals surface area contributed by atoms with Crippen LogP contribution in [-0.4, -0.2) is 76.3 Å². The summed E-state index contributed by atoms with van der Waals surface area (Å²) in [4.78, 5) is 21.3. The maximum absolute atomic E-state index is 14.6. The van der Waals surface area contributed by atoms with Crippen molar-refractivity contribution in [3.05, 3.63) is 22.7 Å². The van der Waals surface area contributed by atoms with Crippen LogP contribution in [0.15, 0.2) is 22.1 Å². The molecule has 9 nitrogen and oxygen atoms in total. The van der Waals surface area contributed by atoms with Gasteiger partial charge < -0.3 is 21.0 Å². The van der Waals surface area contributed by atoms with Gasteiger partial charge in [0.1, 0.15) is 18.0 Å². The number of alkyl halides is 2. The molecule has 0 radical (unpaired) electrons.